The number of rotatable bonds is 3. The summed E-state index contributed by atoms with van der Waals surface area (Å²) in [5.41, 5.74) is 2.41. The van der Waals surface area contributed by atoms with Crippen molar-refractivity contribution in [3.8, 4) is 0 Å². The number of alkyl halides is 1. The monoisotopic (exact) mass is 299 g/mol. The van der Waals surface area contributed by atoms with E-state index in [1.807, 2.05) is 17.0 Å². The van der Waals surface area contributed by atoms with E-state index in [1.165, 1.54) is 11.1 Å². The minimum absolute atomic E-state index is 0.0189. The molecule has 3 rings (SSSR count). The van der Waals surface area contributed by atoms with Gasteiger partial charge in [0.1, 0.15) is 5.88 Å². The lowest BCUT2D eigenvalue weighted by molar-refractivity contribution is -0.127. The van der Waals surface area contributed by atoms with E-state index in [-0.39, 0.29) is 17.2 Å². The number of carbonyl (C=O) groups excluding carboxylic acids is 1. The van der Waals surface area contributed by atoms with Gasteiger partial charge in [-0.1, -0.05) is 60.7 Å². The highest BCUT2D eigenvalue weighted by Crippen LogP contribution is 2.40. The normalized spacial score (nSPS) is 16.9. The summed E-state index contributed by atoms with van der Waals surface area (Å²) in [6.45, 7) is 1.46. The van der Waals surface area contributed by atoms with Crippen molar-refractivity contribution in [3.63, 3.8) is 0 Å². The Balaban J connectivity index is 2.04. The number of amides is 1. The van der Waals surface area contributed by atoms with Crippen molar-refractivity contribution in [3.05, 3.63) is 71.8 Å². The van der Waals surface area contributed by atoms with Crippen LogP contribution in [-0.4, -0.2) is 29.8 Å². The number of halogens is 1. The van der Waals surface area contributed by atoms with Crippen LogP contribution in [-0.2, 0) is 10.2 Å². The SMILES string of the molecule is O=C(CCl)N1CCC(c2ccccc2)(c2ccccc2)C1. The first-order valence-corrected chi connectivity index (χ1v) is 7.74. The van der Waals surface area contributed by atoms with Crippen LogP contribution in [0.4, 0.5) is 0 Å². The minimum atomic E-state index is -0.121. The summed E-state index contributed by atoms with van der Waals surface area (Å²) in [4.78, 5) is 13.8. The van der Waals surface area contributed by atoms with Gasteiger partial charge in [-0.2, -0.15) is 0 Å². The highest BCUT2D eigenvalue weighted by molar-refractivity contribution is 6.27. The van der Waals surface area contributed by atoms with Crippen LogP contribution in [0.2, 0.25) is 0 Å². The summed E-state index contributed by atoms with van der Waals surface area (Å²) in [5.74, 6) is 0.0741. The Kier molecular flexibility index (Phi) is 3.98. The molecule has 1 aliphatic rings. The molecule has 1 amide bonds. The number of benzene rings is 2. The highest BCUT2D eigenvalue weighted by Gasteiger charge is 2.42. The molecule has 1 heterocycles. The Morgan fingerprint density at radius 3 is 2.00 bits per heavy atom. The van der Waals surface area contributed by atoms with Gasteiger partial charge in [-0.05, 0) is 17.5 Å². The van der Waals surface area contributed by atoms with E-state index in [4.69, 9.17) is 11.6 Å². The van der Waals surface area contributed by atoms with E-state index in [0.717, 1.165) is 13.0 Å². The molecule has 21 heavy (non-hydrogen) atoms. The van der Waals surface area contributed by atoms with E-state index in [0.29, 0.717) is 6.54 Å². The van der Waals surface area contributed by atoms with Gasteiger partial charge in [0.25, 0.3) is 0 Å². The number of carbonyl (C=O) groups is 1. The average Bonchev–Trinajstić information content (AvgIpc) is 3.02. The fraction of sp³-hybridized carbons (Fsp3) is 0.278. The second-order valence-electron chi connectivity index (χ2n) is 5.51. The van der Waals surface area contributed by atoms with Crippen molar-refractivity contribution < 1.29 is 4.79 Å². The van der Waals surface area contributed by atoms with Gasteiger partial charge >= 0.3 is 0 Å². The molecule has 1 fully saturated rings. The van der Waals surface area contributed by atoms with Crippen LogP contribution in [0, 0.1) is 0 Å². The molecule has 1 saturated heterocycles. The molecule has 2 aromatic rings. The molecule has 0 unspecified atom stereocenters. The Hall–Kier alpha value is -1.80. The molecule has 1 aliphatic heterocycles. The maximum Gasteiger partial charge on any atom is 0.237 e. The second kappa shape index (κ2) is 5.90. The quantitative estimate of drug-likeness (QED) is 0.795. The van der Waals surface area contributed by atoms with E-state index in [2.05, 4.69) is 48.5 Å². The lowest BCUT2D eigenvalue weighted by Gasteiger charge is -2.30. The van der Waals surface area contributed by atoms with E-state index < -0.39 is 0 Å². The van der Waals surface area contributed by atoms with Gasteiger partial charge in [-0.25, -0.2) is 0 Å². The van der Waals surface area contributed by atoms with Crippen LogP contribution >= 0.6 is 11.6 Å². The third kappa shape index (κ3) is 2.56. The van der Waals surface area contributed by atoms with Gasteiger partial charge < -0.3 is 4.90 Å². The Labute approximate surface area is 130 Å². The van der Waals surface area contributed by atoms with E-state index in [9.17, 15) is 4.79 Å². The predicted molar refractivity (Wildman–Crippen MR) is 85.6 cm³/mol. The number of hydrogen-bond donors (Lipinski definition) is 0. The second-order valence-corrected chi connectivity index (χ2v) is 5.78. The topological polar surface area (TPSA) is 20.3 Å². The van der Waals surface area contributed by atoms with Crippen LogP contribution in [0.3, 0.4) is 0 Å². The van der Waals surface area contributed by atoms with Crippen molar-refractivity contribution in [2.45, 2.75) is 11.8 Å². The molecule has 0 N–H and O–H groups in total. The molecule has 0 atom stereocenters. The zero-order chi connectivity index (χ0) is 14.7. The zero-order valence-corrected chi connectivity index (χ0v) is 12.6. The summed E-state index contributed by atoms with van der Waals surface area (Å²) < 4.78 is 0. The van der Waals surface area contributed by atoms with Crippen LogP contribution < -0.4 is 0 Å². The van der Waals surface area contributed by atoms with Crippen LogP contribution in [0.25, 0.3) is 0 Å². The molecule has 0 radical (unpaired) electrons. The molecule has 0 aromatic heterocycles. The number of likely N-dealkylation sites (tertiary alicyclic amines) is 1. The molecule has 2 aromatic carbocycles. The number of nitrogens with zero attached hydrogens (tertiary/aromatic N) is 1. The lowest BCUT2D eigenvalue weighted by Crippen LogP contribution is -2.35. The first kappa shape index (κ1) is 14.2. The third-order valence-electron chi connectivity index (χ3n) is 4.39. The van der Waals surface area contributed by atoms with Gasteiger partial charge in [0, 0.05) is 18.5 Å². The Bertz CT molecular complexity index is 572. The number of hydrogen-bond acceptors (Lipinski definition) is 1. The lowest BCUT2D eigenvalue weighted by atomic mass is 9.74. The van der Waals surface area contributed by atoms with Crippen molar-refractivity contribution in [1.82, 2.24) is 4.90 Å². The third-order valence-corrected chi connectivity index (χ3v) is 4.62. The van der Waals surface area contributed by atoms with Crippen molar-refractivity contribution in [2.24, 2.45) is 0 Å². The molecule has 0 saturated carbocycles. The summed E-state index contributed by atoms with van der Waals surface area (Å²) >= 11 is 5.73. The first-order chi connectivity index (χ1) is 10.3. The van der Waals surface area contributed by atoms with Gasteiger partial charge in [0.05, 0.1) is 0 Å². The Morgan fingerprint density at radius 2 is 1.52 bits per heavy atom. The Morgan fingerprint density at radius 1 is 1.00 bits per heavy atom. The molecule has 0 bridgehead atoms. The average molecular weight is 300 g/mol. The smallest absolute Gasteiger partial charge is 0.237 e. The summed E-state index contributed by atoms with van der Waals surface area (Å²) in [5, 5.41) is 0. The fourth-order valence-electron chi connectivity index (χ4n) is 3.26. The fourth-order valence-corrected chi connectivity index (χ4v) is 3.43. The largest absolute Gasteiger partial charge is 0.340 e. The van der Waals surface area contributed by atoms with E-state index in [1.54, 1.807) is 0 Å². The van der Waals surface area contributed by atoms with E-state index >= 15 is 0 Å². The highest BCUT2D eigenvalue weighted by atomic mass is 35.5. The standard InChI is InChI=1S/C18H18ClNO/c19-13-17(21)20-12-11-18(14-20,15-7-3-1-4-8-15)16-9-5-2-6-10-16/h1-10H,11-14H2. The van der Waals surface area contributed by atoms with Gasteiger partial charge in [-0.15, -0.1) is 11.6 Å². The van der Waals surface area contributed by atoms with Crippen molar-refractivity contribution >= 4 is 17.5 Å². The maximum atomic E-state index is 12.0. The van der Waals surface area contributed by atoms with Crippen molar-refractivity contribution in [2.75, 3.05) is 19.0 Å². The zero-order valence-electron chi connectivity index (χ0n) is 11.8. The van der Waals surface area contributed by atoms with Crippen LogP contribution in [0.1, 0.15) is 17.5 Å². The molecule has 2 nitrogen and oxygen atoms in total. The predicted octanol–water partition coefficient (Wildman–Crippen LogP) is 3.44. The van der Waals surface area contributed by atoms with Crippen molar-refractivity contribution in [1.29, 1.82) is 0 Å². The molecule has 108 valence electrons. The summed E-state index contributed by atoms with van der Waals surface area (Å²) in [7, 11) is 0. The van der Waals surface area contributed by atoms with Gasteiger partial charge in [0.2, 0.25) is 5.91 Å². The van der Waals surface area contributed by atoms with Gasteiger partial charge in [0.15, 0.2) is 0 Å². The van der Waals surface area contributed by atoms with Gasteiger partial charge in [-0.3, -0.25) is 4.79 Å². The molecular weight excluding hydrogens is 282 g/mol. The molecule has 0 aliphatic carbocycles. The molecule has 0 spiro atoms. The molecular formula is C18H18ClNO. The summed E-state index contributed by atoms with van der Waals surface area (Å²) in [6, 6.07) is 20.9. The van der Waals surface area contributed by atoms with Crippen LogP contribution in [0.5, 0.6) is 0 Å². The van der Waals surface area contributed by atoms with Crippen LogP contribution in [0.15, 0.2) is 60.7 Å². The minimum Gasteiger partial charge on any atom is -0.340 e. The maximum absolute atomic E-state index is 12.0. The molecule has 3 heteroatoms. The summed E-state index contributed by atoms with van der Waals surface area (Å²) in [6.07, 6.45) is 0.934. The first-order valence-electron chi connectivity index (χ1n) is 7.21.